The molecule has 0 atom stereocenters. The van der Waals surface area contributed by atoms with Crippen LogP contribution in [0.25, 0.3) is 0 Å². The number of rotatable bonds is 10. The van der Waals surface area contributed by atoms with E-state index in [0.29, 0.717) is 26.3 Å². The van der Waals surface area contributed by atoms with E-state index in [1.165, 1.54) is 0 Å². The van der Waals surface area contributed by atoms with Gasteiger partial charge in [-0.05, 0) is 36.6 Å². The van der Waals surface area contributed by atoms with Crippen molar-refractivity contribution in [3.63, 3.8) is 0 Å². The van der Waals surface area contributed by atoms with Crippen LogP contribution in [-0.2, 0) is 19.7 Å². The second-order valence-corrected chi connectivity index (χ2v) is 9.35. The third-order valence-corrected chi connectivity index (χ3v) is 7.02. The van der Waals surface area contributed by atoms with Crippen molar-refractivity contribution in [2.75, 3.05) is 26.3 Å². The van der Waals surface area contributed by atoms with E-state index < -0.39 is 17.7 Å². The Hall–Kier alpha value is -2.51. The van der Waals surface area contributed by atoms with Gasteiger partial charge in [0.1, 0.15) is 5.41 Å². The minimum absolute atomic E-state index is 0.00628. The van der Waals surface area contributed by atoms with Crippen LogP contribution < -0.4 is 0 Å². The molecule has 34 heavy (non-hydrogen) atoms. The molecule has 1 aliphatic rings. The maximum absolute atomic E-state index is 12.6. The molecule has 0 saturated carbocycles. The van der Waals surface area contributed by atoms with Crippen molar-refractivity contribution in [1.82, 2.24) is 4.90 Å². The fourth-order valence-corrected chi connectivity index (χ4v) is 5.52. The molecule has 5 nitrogen and oxygen atoms in total. The summed E-state index contributed by atoms with van der Waals surface area (Å²) >= 11 is 3.65. The van der Waals surface area contributed by atoms with E-state index in [0.717, 1.165) is 26.7 Å². The Bertz CT molecular complexity index is 1050. The summed E-state index contributed by atoms with van der Waals surface area (Å²) in [7, 11) is 0. The van der Waals surface area contributed by atoms with E-state index in [9.17, 15) is 9.90 Å². The van der Waals surface area contributed by atoms with Crippen molar-refractivity contribution in [3.05, 3.63) is 106 Å². The average Bonchev–Trinajstić information content (AvgIpc) is 2.82. The minimum atomic E-state index is -0.994. The second kappa shape index (κ2) is 10.8. The second-order valence-electron chi connectivity index (χ2n) is 8.50. The molecule has 6 heteroatoms. The molecular formula is C28H30BrNO4. The van der Waals surface area contributed by atoms with Gasteiger partial charge in [0.25, 0.3) is 0 Å². The smallest absolute Gasteiger partial charge is 0.316 e. The van der Waals surface area contributed by atoms with Crippen LogP contribution in [0.4, 0.5) is 0 Å². The molecule has 1 heterocycles. The molecule has 0 spiro atoms. The number of hydrogen-bond acceptors (Lipinski definition) is 4. The summed E-state index contributed by atoms with van der Waals surface area (Å²) in [6.45, 7) is 5.72. The zero-order valence-corrected chi connectivity index (χ0v) is 21.1. The standard InChI is InChI=1S/C28H30BrNO4/c1-3-33-26(34-4-2)22-15-16-23(24(29)17-22)28(27(31)32)18-30(19-28)25(20-11-7-5-8-12-20)21-13-9-6-10-14-21/h5-17,25-26H,3-4,18-19H2,1-2H3,(H,31,32). The molecule has 1 N–H and O–H groups in total. The van der Waals surface area contributed by atoms with Gasteiger partial charge in [-0.1, -0.05) is 88.7 Å². The number of halogens is 1. The topological polar surface area (TPSA) is 59.0 Å². The Kier molecular flexibility index (Phi) is 7.84. The highest BCUT2D eigenvalue weighted by Gasteiger charge is 2.54. The number of nitrogens with zero attached hydrogens (tertiary/aromatic N) is 1. The van der Waals surface area contributed by atoms with Crippen LogP contribution in [-0.4, -0.2) is 42.3 Å². The van der Waals surface area contributed by atoms with Crippen molar-refractivity contribution in [1.29, 1.82) is 0 Å². The van der Waals surface area contributed by atoms with Crippen LogP contribution in [0.1, 0.15) is 48.4 Å². The van der Waals surface area contributed by atoms with Gasteiger partial charge in [-0.15, -0.1) is 0 Å². The highest BCUT2D eigenvalue weighted by atomic mass is 79.9. The Morgan fingerprint density at radius 3 is 1.88 bits per heavy atom. The Morgan fingerprint density at radius 1 is 0.912 bits per heavy atom. The fourth-order valence-electron chi connectivity index (χ4n) is 4.74. The number of hydrogen-bond donors (Lipinski definition) is 1. The third kappa shape index (κ3) is 4.82. The number of likely N-dealkylation sites (tertiary alicyclic amines) is 1. The Labute approximate surface area is 209 Å². The molecule has 4 rings (SSSR count). The highest BCUT2D eigenvalue weighted by Crippen LogP contribution is 2.45. The van der Waals surface area contributed by atoms with Crippen LogP contribution in [0, 0.1) is 0 Å². The molecular weight excluding hydrogens is 494 g/mol. The summed E-state index contributed by atoms with van der Waals surface area (Å²) in [5, 5.41) is 10.4. The predicted octanol–water partition coefficient (Wildman–Crippen LogP) is 5.95. The van der Waals surface area contributed by atoms with Gasteiger partial charge < -0.3 is 14.6 Å². The van der Waals surface area contributed by atoms with Gasteiger partial charge >= 0.3 is 5.97 Å². The lowest BCUT2D eigenvalue weighted by molar-refractivity contribution is -0.152. The van der Waals surface area contributed by atoms with E-state index in [2.05, 4.69) is 45.1 Å². The molecule has 0 bridgehead atoms. The normalized spacial score (nSPS) is 15.4. The zero-order chi connectivity index (χ0) is 24.1. The van der Waals surface area contributed by atoms with Crippen molar-refractivity contribution in [2.45, 2.75) is 31.6 Å². The molecule has 0 amide bonds. The minimum Gasteiger partial charge on any atom is -0.481 e. The first-order valence-electron chi connectivity index (χ1n) is 11.6. The maximum atomic E-state index is 12.6. The third-order valence-electron chi connectivity index (χ3n) is 6.37. The molecule has 178 valence electrons. The van der Waals surface area contributed by atoms with E-state index in [1.807, 2.05) is 68.4 Å². The molecule has 1 aliphatic heterocycles. The first-order chi connectivity index (χ1) is 16.5. The lowest BCUT2D eigenvalue weighted by Crippen LogP contribution is -2.64. The first kappa shape index (κ1) is 24.6. The summed E-state index contributed by atoms with van der Waals surface area (Å²) in [5.74, 6) is -0.816. The van der Waals surface area contributed by atoms with Gasteiger partial charge in [0, 0.05) is 36.3 Å². The first-order valence-corrected chi connectivity index (χ1v) is 12.4. The van der Waals surface area contributed by atoms with Crippen LogP contribution >= 0.6 is 15.9 Å². The number of aliphatic carboxylic acids is 1. The quantitative estimate of drug-likeness (QED) is 0.333. The molecule has 0 radical (unpaired) electrons. The average molecular weight is 524 g/mol. The monoisotopic (exact) mass is 523 g/mol. The van der Waals surface area contributed by atoms with Crippen LogP contribution in [0.2, 0.25) is 0 Å². The molecule has 0 aliphatic carbocycles. The van der Waals surface area contributed by atoms with Gasteiger partial charge in [0.15, 0.2) is 6.29 Å². The number of carbonyl (C=O) groups is 1. The lowest BCUT2D eigenvalue weighted by atomic mass is 9.72. The molecule has 1 fully saturated rings. The van der Waals surface area contributed by atoms with Gasteiger partial charge in [-0.2, -0.15) is 0 Å². The zero-order valence-electron chi connectivity index (χ0n) is 19.5. The largest absolute Gasteiger partial charge is 0.481 e. The lowest BCUT2D eigenvalue weighted by Gasteiger charge is -2.51. The molecule has 3 aromatic rings. The van der Waals surface area contributed by atoms with Crippen LogP contribution in [0.15, 0.2) is 83.3 Å². The molecule has 0 aromatic heterocycles. The van der Waals surface area contributed by atoms with E-state index in [4.69, 9.17) is 9.47 Å². The van der Waals surface area contributed by atoms with Crippen molar-refractivity contribution >= 4 is 21.9 Å². The summed E-state index contributed by atoms with van der Waals surface area (Å²) in [6.07, 6.45) is -0.473. The highest BCUT2D eigenvalue weighted by molar-refractivity contribution is 9.10. The van der Waals surface area contributed by atoms with Gasteiger partial charge in [0.05, 0.1) is 6.04 Å². The number of benzene rings is 3. The summed E-state index contributed by atoms with van der Waals surface area (Å²) in [5.41, 5.74) is 2.94. The SMILES string of the molecule is CCOC(OCC)c1ccc(C2(C(=O)O)CN(C(c3ccccc3)c3ccccc3)C2)c(Br)c1. The molecule has 0 unspecified atom stereocenters. The summed E-state index contributed by atoms with van der Waals surface area (Å²) in [4.78, 5) is 14.9. The van der Waals surface area contributed by atoms with Crippen LogP contribution in [0.3, 0.4) is 0 Å². The fraction of sp³-hybridized carbons (Fsp3) is 0.321. The Morgan fingerprint density at radius 2 is 1.44 bits per heavy atom. The molecule has 3 aromatic carbocycles. The number of carboxylic acid groups (broad SMARTS) is 1. The van der Waals surface area contributed by atoms with Gasteiger partial charge in [-0.25, -0.2) is 0 Å². The summed E-state index contributed by atoms with van der Waals surface area (Å²) in [6, 6.07) is 26.2. The van der Waals surface area contributed by atoms with Gasteiger partial charge in [0.2, 0.25) is 0 Å². The van der Waals surface area contributed by atoms with Gasteiger partial charge in [-0.3, -0.25) is 9.69 Å². The van der Waals surface area contributed by atoms with Crippen molar-refractivity contribution in [2.24, 2.45) is 0 Å². The van der Waals surface area contributed by atoms with E-state index in [-0.39, 0.29) is 6.04 Å². The number of carboxylic acids is 1. The number of ether oxygens (including phenoxy) is 2. The van der Waals surface area contributed by atoms with Crippen molar-refractivity contribution < 1.29 is 19.4 Å². The summed E-state index contributed by atoms with van der Waals surface area (Å²) < 4.78 is 12.2. The van der Waals surface area contributed by atoms with E-state index in [1.54, 1.807) is 0 Å². The van der Waals surface area contributed by atoms with E-state index >= 15 is 0 Å². The molecule has 1 saturated heterocycles. The Balaban J connectivity index is 1.64. The predicted molar refractivity (Wildman–Crippen MR) is 136 cm³/mol. The van der Waals surface area contributed by atoms with Crippen LogP contribution in [0.5, 0.6) is 0 Å². The van der Waals surface area contributed by atoms with Crippen molar-refractivity contribution in [3.8, 4) is 0 Å². The maximum Gasteiger partial charge on any atom is 0.316 e.